The highest BCUT2D eigenvalue weighted by atomic mass is 16.5. The summed E-state index contributed by atoms with van der Waals surface area (Å²) in [4.78, 5) is 4.01. The molecular formula is C8H9N5O2. The fourth-order valence-electron chi connectivity index (χ4n) is 0.990. The number of hydrogen-bond acceptors (Lipinski definition) is 7. The van der Waals surface area contributed by atoms with Crippen molar-refractivity contribution in [2.45, 2.75) is 6.54 Å². The maximum atomic E-state index is 5.33. The Morgan fingerprint density at radius 1 is 1.40 bits per heavy atom. The maximum Gasteiger partial charge on any atom is 0.240 e. The van der Waals surface area contributed by atoms with Crippen LogP contribution in [0.4, 0.5) is 0 Å². The molecule has 2 aromatic rings. The second-order valence-corrected chi connectivity index (χ2v) is 2.68. The molecular weight excluding hydrogens is 198 g/mol. The van der Waals surface area contributed by atoms with Crippen LogP contribution in [0, 0.1) is 0 Å². The molecule has 0 saturated heterocycles. The molecule has 78 valence electrons. The first-order chi connectivity index (χ1) is 7.33. The van der Waals surface area contributed by atoms with Crippen LogP contribution in [0.15, 0.2) is 16.7 Å². The number of nitrogens with two attached hydrogens (primary N) is 1. The van der Waals surface area contributed by atoms with Gasteiger partial charge in [0.25, 0.3) is 0 Å². The van der Waals surface area contributed by atoms with Crippen molar-refractivity contribution in [2.24, 2.45) is 5.73 Å². The van der Waals surface area contributed by atoms with Gasteiger partial charge in [-0.15, -0.1) is 10.2 Å². The smallest absolute Gasteiger partial charge is 0.240 e. The number of methoxy groups -OCH3 is 1. The summed E-state index contributed by atoms with van der Waals surface area (Å²) in [5.41, 5.74) is 5.85. The molecule has 0 bridgehead atoms. The van der Waals surface area contributed by atoms with Crippen LogP contribution in [0.25, 0.3) is 11.5 Å². The predicted octanol–water partition coefficient (Wildman–Crippen LogP) is -0.00610. The number of rotatable bonds is 3. The lowest BCUT2D eigenvalue weighted by atomic mass is 10.4. The summed E-state index contributed by atoms with van der Waals surface area (Å²) in [6, 6.07) is 3.36. The van der Waals surface area contributed by atoms with Gasteiger partial charge in [0.2, 0.25) is 17.6 Å². The minimum atomic E-state index is 0.205. The highest BCUT2D eigenvalue weighted by Crippen LogP contribution is 2.13. The third-order valence-electron chi connectivity index (χ3n) is 1.72. The molecule has 7 heteroatoms. The summed E-state index contributed by atoms with van der Waals surface area (Å²) >= 11 is 0. The summed E-state index contributed by atoms with van der Waals surface area (Å²) in [5.74, 6) is 1.16. The fourth-order valence-corrected chi connectivity index (χ4v) is 0.990. The van der Waals surface area contributed by atoms with Gasteiger partial charge >= 0.3 is 0 Å². The summed E-state index contributed by atoms with van der Waals surface area (Å²) in [5, 5.41) is 11.4. The largest absolute Gasteiger partial charge is 0.480 e. The van der Waals surface area contributed by atoms with Crippen molar-refractivity contribution in [3.63, 3.8) is 0 Å². The Kier molecular flexibility index (Phi) is 2.55. The fraction of sp³-hybridized carbons (Fsp3) is 0.250. The number of aromatic nitrogens is 4. The standard InChI is InChI=1S/C8H9N5O2/c1-14-6-3-2-5(11-12-6)8-10-7(4-9)15-13-8/h2-3H,4,9H2,1H3. The summed E-state index contributed by atoms with van der Waals surface area (Å²) in [6.07, 6.45) is 0. The molecule has 7 nitrogen and oxygen atoms in total. The van der Waals surface area contributed by atoms with E-state index in [1.165, 1.54) is 7.11 Å². The van der Waals surface area contributed by atoms with E-state index in [2.05, 4.69) is 20.3 Å². The molecule has 0 atom stereocenters. The van der Waals surface area contributed by atoms with Crippen LogP contribution in [0.1, 0.15) is 5.89 Å². The van der Waals surface area contributed by atoms with Gasteiger partial charge in [-0.25, -0.2) is 0 Å². The third kappa shape index (κ3) is 1.91. The SMILES string of the molecule is COc1ccc(-c2noc(CN)n2)nn1. The van der Waals surface area contributed by atoms with Gasteiger partial charge in [-0.2, -0.15) is 4.98 Å². The van der Waals surface area contributed by atoms with E-state index in [0.717, 1.165) is 0 Å². The number of nitrogens with zero attached hydrogens (tertiary/aromatic N) is 4. The van der Waals surface area contributed by atoms with Crippen molar-refractivity contribution in [3.8, 4) is 17.4 Å². The minimum absolute atomic E-state index is 0.205. The van der Waals surface area contributed by atoms with Gasteiger partial charge in [-0.1, -0.05) is 5.16 Å². The van der Waals surface area contributed by atoms with Gasteiger partial charge in [0, 0.05) is 6.07 Å². The summed E-state index contributed by atoms with van der Waals surface area (Å²) < 4.78 is 9.71. The molecule has 0 saturated carbocycles. The van der Waals surface area contributed by atoms with E-state index in [0.29, 0.717) is 23.3 Å². The van der Waals surface area contributed by atoms with E-state index in [4.69, 9.17) is 15.0 Å². The Bertz CT molecular complexity index is 439. The Hall–Kier alpha value is -2.02. The van der Waals surface area contributed by atoms with E-state index in [1.807, 2.05) is 0 Å². The van der Waals surface area contributed by atoms with E-state index in [9.17, 15) is 0 Å². The van der Waals surface area contributed by atoms with Crippen molar-refractivity contribution >= 4 is 0 Å². The molecule has 0 fully saturated rings. The highest BCUT2D eigenvalue weighted by molar-refractivity contribution is 5.47. The first-order valence-electron chi connectivity index (χ1n) is 4.24. The summed E-state index contributed by atoms with van der Waals surface area (Å²) in [7, 11) is 1.52. The van der Waals surface area contributed by atoms with Gasteiger partial charge in [0.15, 0.2) is 0 Å². The zero-order chi connectivity index (χ0) is 10.7. The number of ether oxygens (including phenoxy) is 1. The van der Waals surface area contributed by atoms with Crippen LogP contribution in [-0.2, 0) is 6.54 Å². The number of hydrogen-bond donors (Lipinski definition) is 1. The molecule has 0 unspecified atom stereocenters. The lowest BCUT2D eigenvalue weighted by Gasteiger charge is -1.96. The van der Waals surface area contributed by atoms with Crippen LogP contribution in [0.3, 0.4) is 0 Å². The second-order valence-electron chi connectivity index (χ2n) is 2.68. The third-order valence-corrected chi connectivity index (χ3v) is 1.72. The van der Waals surface area contributed by atoms with Crippen molar-refractivity contribution in [3.05, 3.63) is 18.0 Å². The van der Waals surface area contributed by atoms with E-state index in [1.54, 1.807) is 12.1 Å². The van der Waals surface area contributed by atoms with Crippen molar-refractivity contribution in [2.75, 3.05) is 7.11 Å². The molecule has 0 radical (unpaired) electrons. The zero-order valence-corrected chi connectivity index (χ0v) is 8.04. The monoisotopic (exact) mass is 207 g/mol. The topological polar surface area (TPSA) is 100.0 Å². The average molecular weight is 207 g/mol. The second kappa shape index (κ2) is 4.01. The van der Waals surface area contributed by atoms with Crippen molar-refractivity contribution < 1.29 is 9.26 Å². The average Bonchev–Trinajstić information content (AvgIpc) is 2.78. The molecule has 0 aliphatic heterocycles. The molecule has 2 heterocycles. The predicted molar refractivity (Wildman–Crippen MR) is 49.8 cm³/mol. The molecule has 2 aromatic heterocycles. The van der Waals surface area contributed by atoms with Crippen molar-refractivity contribution in [1.82, 2.24) is 20.3 Å². The normalized spacial score (nSPS) is 10.3. The maximum absolute atomic E-state index is 5.33. The van der Waals surface area contributed by atoms with Gasteiger partial charge in [-0.3, -0.25) is 0 Å². The van der Waals surface area contributed by atoms with Crippen LogP contribution >= 0.6 is 0 Å². The van der Waals surface area contributed by atoms with Crippen LogP contribution in [0.5, 0.6) is 5.88 Å². The molecule has 0 aromatic carbocycles. The molecule has 0 aliphatic rings. The van der Waals surface area contributed by atoms with Gasteiger partial charge in [0.1, 0.15) is 5.69 Å². The minimum Gasteiger partial charge on any atom is -0.480 e. The van der Waals surface area contributed by atoms with Crippen molar-refractivity contribution in [1.29, 1.82) is 0 Å². The molecule has 2 N–H and O–H groups in total. The Labute approximate surface area is 85.3 Å². The quantitative estimate of drug-likeness (QED) is 0.755. The highest BCUT2D eigenvalue weighted by Gasteiger charge is 2.09. The summed E-state index contributed by atoms with van der Waals surface area (Å²) in [6.45, 7) is 0.205. The van der Waals surface area contributed by atoms with E-state index < -0.39 is 0 Å². The van der Waals surface area contributed by atoms with Crippen LogP contribution < -0.4 is 10.5 Å². The molecule has 15 heavy (non-hydrogen) atoms. The Balaban J connectivity index is 2.28. The molecule has 0 spiro atoms. The van der Waals surface area contributed by atoms with Crippen LogP contribution in [-0.4, -0.2) is 27.4 Å². The zero-order valence-electron chi connectivity index (χ0n) is 8.04. The van der Waals surface area contributed by atoms with Crippen LogP contribution in [0.2, 0.25) is 0 Å². The first-order valence-corrected chi connectivity index (χ1v) is 4.24. The lowest BCUT2D eigenvalue weighted by Crippen LogP contribution is -1.96. The Morgan fingerprint density at radius 3 is 2.80 bits per heavy atom. The van der Waals surface area contributed by atoms with Gasteiger partial charge < -0.3 is 15.0 Å². The van der Waals surface area contributed by atoms with Gasteiger partial charge in [-0.05, 0) is 6.07 Å². The molecule has 2 rings (SSSR count). The van der Waals surface area contributed by atoms with E-state index >= 15 is 0 Å². The lowest BCUT2D eigenvalue weighted by molar-refractivity contribution is 0.380. The molecule has 0 amide bonds. The first kappa shape index (κ1) is 9.53. The molecule has 0 aliphatic carbocycles. The van der Waals surface area contributed by atoms with E-state index in [-0.39, 0.29) is 6.54 Å². The Morgan fingerprint density at radius 2 is 2.27 bits per heavy atom. The van der Waals surface area contributed by atoms with Gasteiger partial charge in [0.05, 0.1) is 13.7 Å².